The largest absolute Gasteiger partial charge is 0.493 e. The third-order valence-electron chi connectivity index (χ3n) is 3.30. The van der Waals surface area contributed by atoms with E-state index >= 15 is 0 Å². The number of ether oxygens (including phenoxy) is 1. The van der Waals surface area contributed by atoms with E-state index in [9.17, 15) is 0 Å². The van der Waals surface area contributed by atoms with Crippen LogP contribution in [0, 0.1) is 0 Å². The van der Waals surface area contributed by atoms with Gasteiger partial charge < -0.3 is 10.1 Å². The average Bonchev–Trinajstić information content (AvgIpc) is 2.98. The fourth-order valence-electron chi connectivity index (χ4n) is 2.07. The Morgan fingerprint density at radius 1 is 1.30 bits per heavy atom. The predicted molar refractivity (Wildman–Crippen MR) is 86.7 cm³/mol. The summed E-state index contributed by atoms with van der Waals surface area (Å²) >= 11 is 1.74. The minimum atomic E-state index is 0.371. The van der Waals surface area contributed by atoms with Gasteiger partial charge in [0.15, 0.2) is 0 Å². The molecule has 0 saturated heterocycles. The van der Waals surface area contributed by atoms with Gasteiger partial charge >= 0.3 is 0 Å². The van der Waals surface area contributed by atoms with Crippen LogP contribution < -0.4 is 10.1 Å². The summed E-state index contributed by atoms with van der Waals surface area (Å²) < 4.78 is 5.85. The smallest absolute Gasteiger partial charge is 0.119 e. The maximum absolute atomic E-state index is 5.85. The van der Waals surface area contributed by atoms with E-state index in [2.05, 4.69) is 54.2 Å². The molecule has 0 aliphatic carbocycles. The van der Waals surface area contributed by atoms with Crippen LogP contribution in [-0.4, -0.2) is 13.2 Å². The molecule has 2 nitrogen and oxygen atoms in total. The molecule has 0 bridgehead atoms. The van der Waals surface area contributed by atoms with Crippen LogP contribution >= 0.6 is 11.3 Å². The third-order valence-corrected chi connectivity index (χ3v) is 4.03. The second-order valence-electron chi connectivity index (χ2n) is 4.98. The first kappa shape index (κ1) is 15.1. The average molecular weight is 289 g/mol. The molecule has 3 heteroatoms. The molecule has 0 aliphatic rings. The fraction of sp³-hybridized carbons (Fsp3) is 0.412. The highest BCUT2D eigenvalue weighted by Crippen LogP contribution is 2.19. The molecule has 1 aromatic carbocycles. The van der Waals surface area contributed by atoms with Gasteiger partial charge in [-0.3, -0.25) is 0 Å². The van der Waals surface area contributed by atoms with Crippen molar-refractivity contribution in [3.05, 3.63) is 52.2 Å². The molecule has 2 rings (SSSR count). The third kappa shape index (κ3) is 4.66. The summed E-state index contributed by atoms with van der Waals surface area (Å²) in [7, 11) is 0. The van der Waals surface area contributed by atoms with Crippen molar-refractivity contribution in [3.63, 3.8) is 0 Å². The lowest BCUT2D eigenvalue weighted by Crippen LogP contribution is -2.19. The maximum Gasteiger partial charge on any atom is 0.119 e. The zero-order valence-corrected chi connectivity index (χ0v) is 13.1. The number of hydrogen-bond acceptors (Lipinski definition) is 3. The van der Waals surface area contributed by atoms with Gasteiger partial charge in [0.2, 0.25) is 0 Å². The Morgan fingerprint density at radius 2 is 2.20 bits per heavy atom. The maximum atomic E-state index is 5.85. The van der Waals surface area contributed by atoms with Gasteiger partial charge in [-0.15, -0.1) is 0 Å². The molecule has 0 fully saturated rings. The van der Waals surface area contributed by atoms with Crippen molar-refractivity contribution in [2.45, 2.75) is 32.7 Å². The lowest BCUT2D eigenvalue weighted by atomic mass is 10.1. The summed E-state index contributed by atoms with van der Waals surface area (Å²) in [5.74, 6) is 0.961. The summed E-state index contributed by atoms with van der Waals surface area (Å²) in [6.07, 6.45) is 2.12. The molecule has 1 aromatic heterocycles. The Hall–Kier alpha value is -1.32. The molecule has 108 valence electrons. The van der Waals surface area contributed by atoms with E-state index in [1.54, 1.807) is 11.3 Å². The normalized spacial score (nSPS) is 12.3. The molecule has 1 atom stereocenters. The van der Waals surface area contributed by atoms with Crippen molar-refractivity contribution >= 4 is 11.3 Å². The summed E-state index contributed by atoms with van der Waals surface area (Å²) in [5, 5.41) is 7.79. The van der Waals surface area contributed by atoms with Crippen LogP contribution in [0.5, 0.6) is 5.75 Å². The van der Waals surface area contributed by atoms with Crippen LogP contribution in [0.25, 0.3) is 0 Å². The Morgan fingerprint density at radius 3 is 2.95 bits per heavy atom. The number of thiophene rings is 1. The van der Waals surface area contributed by atoms with Crippen molar-refractivity contribution in [1.29, 1.82) is 0 Å². The van der Waals surface area contributed by atoms with E-state index in [0.29, 0.717) is 6.04 Å². The highest BCUT2D eigenvalue weighted by molar-refractivity contribution is 7.07. The van der Waals surface area contributed by atoms with Crippen molar-refractivity contribution in [2.75, 3.05) is 13.2 Å². The SMILES string of the molecule is CCCNC(C)c1cccc(OCCc2ccsc2)c1. The minimum absolute atomic E-state index is 0.371. The summed E-state index contributed by atoms with van der Waals surface area (Å²) in [4.78, 5) is 0. The van der Waals surface area contributed by atoms with Gasteiger partial charge in [0.05, 0.1) is 6.61 Å². The topological polar surface area (TPSA) is 21.3 Å². The molecular formula is C17H23NOS. The van der Waals surface area contributed by atoms with Gasteiger partial charge in [-0.05, 0) is 60.0 Å². The lowest BCUT2D eigenvalue weighted by molar-refractivity contribution is 0.321. The van der Waals surface area contributed by atoms with E-state index < -0.39 is 0 Å². The lowest BCUT2D eigenvalue weighted by Gasteiger charge is -2.15. The van der Waals surface area contributed by atoms with Gasteiger partial charge in [0, 0.05) is 12.5 Å². The quantitative estimate of drug-likeness (QED) is 0.776. The Labute approximate surface area is 125 Å². The molecular weight excluding hydrogens is 266 g/mol. The first-order chi connectivity index (χ1) is 9.79. The second kappa shape index (κ2) is 8.08. The molecule has 0 spiro atoms. The van der Waals surface area contributed by atoms with Gasteiger partial charge in [0.1, 0.15) is 5.75 Å². The highest BCUT2D eigenvalue weighted by Gasteiger charge is 2.05. The van der Waals surface area contributed by atoms with Gasteiger partial charge in [-0.2, -0.15) is 11.3 Å². The van der Waals surface area contributed by atoms with Crippen LogP contribution in [0.2, 0.25) is 0 Å². The Kier molecular flexibility index (Phi) is 6.09. The zero-order valence-electron chi connectivity index (χ0n) is 12.3. The van der Waals surface area contributed by atoms with E-state index in [1.165, 1.54) is 11.1 Å². The van der Waals surface area contributed by atoms with E-state index in [1.807, 2.05) is 6.07 Å². The van der Waals surface area contributed by atoms with Gasteiger partial charge in [-0.1, -0.05) is 19.1 Å². The van der Waals surface area contributed by atoms with E-state index in [4.69, 9.17) is 4.74 Å². The van der Waals surface area contributed by atoms with Crippen molar-refractivity contribution in [2.24, 2.45) is 0 Å². The van der Waals surface area contributed by atoms with Crippen molar-refractivity contribution < 1.29 is 4.74 Å². The van der Waals surface area contributed by atoms with Crippen molar-refractivity contribution in [3.8, 4) is 5.75 Å². The second-order valence-corrected chi connectivity index (χ2v) is 5.76. The first-order valence-electron chi connectivity index (χ1n) is 7.27. The predicted octanol–water partition coefficient (Wildman–Crippen LogP) is 4.43. The van der Waals surface area contributed by atoms with E-state index in [0.717, 1.165) is 31.7 Å². The molecule has 0 aliphatic heterocycles. The summed E-state index contributed by atoms with van der Waals surface area (Å²) in [6, 6.07) is 10.9. The van der Waals surface area contributed by atoms with Crippen LogP contribution in [0.3, 0.4) is 0 Å². The van der Waals surface area contributed by atoms with Gasteiger partial charge in [-0.25, -0.2) is 0 Å². The summed E-state index contributed by atoms with van der Waals surface area (Å²) in [5.41, 5.74) is 2.63. The zero-order chi connectivity index (χ0) is 14.2. The number of hydrogen-bond donors (Lipinski definition) is 1. The molecule has 0 radical (unpaired) electrons. The van der Waals surface area contributed by atoms with Crippen LogP contribution in [-0.2, 0) is 6.42 Å². The summed E-state index contributed by atoms with van der Waals surface area (Å²) in [6.45, 7) is 6.16. The molecule has 1 unspecified atom stereocenters. The van der Waals surface area contributed by atoms with Crippen LogP contribution in [0.1, 0.15) is 37.4 Å². The molecule has 0 saturated carbocycles. The monoisotopic (exact) mass is 289 g/mol. The molecule has 1 N–H and O–H groups in total. The van der Waals surface area contributed by atoms with Crippen molar-refractivity contribution in [1.82, 2.24) is 5.32 Å². The number of rotatable bonds is 8. The molecule has 1 heterocycles. The van der Waals surface area contributed by atoms with Gasteiger partial charge in [0.25, 0.3) is 0 Å². The molecule has 0 amide bonds. The molecule has 20 heavy (non-hydrogen) atoms. The highest BCUT2D eigenvalue weighted by atomic mass is 32.1. The van der Waals surface area contributed by atoms with Crippen LogP contribution in [0.4, 0.5) is 0 Å². The Balaban J connectivity index is 1.85. The Bertz CT molecular complexity index is 495. The molecule has 2 aromatic rings. The van der Waals surface area contributed by atoms with E-state index in [-0.39, 0.29) is 0 Å². The fourth-order valence-corrected chi connectivity index (χ4v) is 2.78. The standard InChI is InChI=1S/C17H23NOS/c1-3-9-18-14(2)16-5-4-6-17(12-16)19-10-7-15-8-11-20-13-15/h4-6,8,11-14,18H,3,7,9-10H2,1-2H3. The number of nitrogens with one attached hydrogen (secondary N) is 1. The first-order valence-corrected chi connectivity index (χ1v) is 8.21. The number of benzene rings is 1. The van der Waals surface area contributed by atoms with Crippen LogP contribution in [0.15, 0.2) is 41.1 Å². The minimum Gasteiger partial charge on any atom is -0.493 e.